The molecule has 4 heterocycles. The molecule has 0 N–H and O–H groups in total. The number of ether oxygens (including phenoxy) is 1. The molecule has 1 saturated heterocycles. The average Bonchev–Trinajstić information content (AvgIpc) is 2.91. The van der Waals surface area contributed by atoms with E-state index in [9.17, 15) is 14.0 Å². The molecule has 1 amide bonds. The zero-order valence-corrected chi connectivity index (χ0v) is 20.7. The fourth-order valence-corrected chi connectivity index (χ4v) is 5.15. The van der Waals surface area contributed by atoms with Gasteiger partial charge in [0.1, 0.15) is 5.82 Å². The van der Waals surface area contributed by atoms with Gasteiger partial charge in [-0.1, -0.05) is 12.1 Å². The quantitative estimate of drug-likeness (QED) is 0.550. The number of halogens is 1. The van der Waals surface area contributed by atoms with Crippen molar-refractivity contribution < 1.29 is 13.9 Å². The van der Waals surface area contributed by atoms with Gasteiger partial charge in [0.15, 0.2) is 0 Å². The van der Waals surface area contributed by atoms with Crippen LogP contribution in [-0.2, 0) is 29.0 Å². The zero-order valence-electron chi connectivity index (χ0n) is 20.7. The van der Waals surface area contributed by atoms with E-state index in [0.29, 0.717) is 56.0 Å². The number of morpholine rings is 1. The molecule has 1 fully saturated rings. The topological polar surface area (TPSA) is 67.7 Å². The summed E-state index contributed by atoms with van der Waals surface area (Å²) in [5, 5.41) is 0. The zero-order chi connectivity index (χ0) is 25.2. The average molecular weight is 491 g/mol. The van der Waals surface area contributed by atoms with E-state index in [4.69, 9.17) is 4.74 Å². The molecule has 3 aromatic rings. The lowest BCUT2D eigenvalue weighted by Crippen LogP contribution is -2.52. The second kappa shape index (κ2) is 10.3. The molecule has 1 aromatic carbocycles. The third-order valence-electron chi connectivity index (χ3n) is 7.27. The van der Waals surface area contributed by atoms with Crippen molar-refractivity contribution in [1.29, 1.82) is 0 Å². The Hall–Kier alpha value is -3.36. The van der Waals surface area contributed by atoms with Crippen molar-refractivity contribution in [2.75, 3.05) is 32.8 Å². The van der Waals surface area contributed by atoms with Crippen LogP contribution < -0.4 is 5.56 Å². The molecule has 0 spiro atoms. The van der Waals surface area contributed by atoms with Gasteiger partial charge in [-0.05, 0) is 60.4 Å². The maximum atomic E-state index is 14.0. The van der Waals surface area contributed by atoms with E-state index >= 15 is 0 Å². The van der Waals surface area contributed by atoms with Crippen LogP contribution >= 0.6 is 0 Å². The van der Waals surface area contributed by atoms with E-state index in [1.54, 1.807) is 36.0 Å². The summed E-state index contributed by atoms with van der Waals surface area (Å²) in [5.41, 5.74) is 4.36. The van der Waals surface area contributed by atoms with Gasteiger partial charge >= 0.3 is 0 Å². The first-order valence-electron chi connectivity index (χ1n) is 12.4. The largest absolute Gasteiger partial charge is 0.379 e. The summed E-state index contributed by atoms with van der Waals surface area (Å²) < 4.78 is 21.2. The van der Waals surface area contributed by atoms with Crippen LogP contribution in [0.4, 0.5) is 4.39 Å². The molecular weight excluding hydrogens is 459 g/mol. The molecule has 2 aromatic heterocycles. The van der Waals surface area contributed by atoms with Crippen LogP contribution in [0, 0.1) is 12.7 Å². The lowest BCUT2D eigenvalue weighted by atomic mass is 9.97. The number of rotatable bonds is 5. The fourth-order valence-electron chi connectivity index (χ4n) is 5.15. The molecule has 2 aliphatic rings. The molecule has 0 radical (unpaired) electrons. The Labute approximate surface area is 210 Å². The molecule has 0 aliphatic carbocycles. The predicted molar refractivity (Wildman–Crippen MR) is 135 cm³/mol. The van der Waals surface area contributed by atoms with Crippen molar-refractivity contribution in [1.82, 2.24) is 19.4 Å². The van der Waals surface area contributed by atoms with Crippen molar-refractivity contribution in [2.24, 2.45) is 0 Å². The van der Waals surface area contributed by atoms with Crippen molar-refractivity contribution in [3.8, 4) is 11.1 Å². The number of carbonyl (C=O) groups is 1. The van der Waals surface area contributed by atoms with Crippen LogP contribution in [-0.4, -0.2) is 64.1 Å². The summed E-state index contributed by atoms with van der Waals surface area (Å²) in [6, 6.07) is 10.2. The van der Waals surface area contributed by atoms with Gasteiger partial charge in [-0.3, -0.25) is 19.5 Å². The van der Waals surface area contributed by atoms with E-state index in [2.05, 4.69) is 9.88 Å². The molecular formula is C28H31FN4O3. The molecule has 1 atom stereocenters. The number of carbonyl (C=O) groups excluding carboxylic acids is 1. The van der Waals surface area contributed by atoms with Crippen molar-refractivity contribution in [2.45, 2.75) is 39.4 Å². The highest BCUT2D eigenvalue weighted by atomic mass is 19.1. The lowest BCUT2D eigenvalue weighted by molar-refractivity contribution is -0.139. The number of aromatic nitrogens is 2. The fraction of sp³-hybridized carbons (Fsp3) is 0.393. The Morgan fingerprint density at radius 3 is 2.69 bits per heavy atom. The van der Waals surface area contributed by atoms with Gasteiger partial charge in [-0.2, -0.15) is 0 Å². The van der Waals surface area contributed by atoms with Crippen molar-refractivity contribution in [3.05, 3.63) is 87.3 Å². The SMILES string of the molecule is Cc1cc(-c2cc3c(n(Cc4cccnc4)c2=O)CCN(C(=O)C(C)N2CCOCC2)C3)ccc1F. The summed E-state index contributed by atoms with van der Waals surface area (Å²) >= 11 is 0. The smallest absolute Gasteiger partial charge is 0.258 e. The highest BCUT2D eigenvalue weighted by Gasteiger charge is 2.31. The minimum absolute atomic E-state index is 0.0896. The first kappa shape index (κ1) is 24.3. The number of nitrogens with zero attached hydrogens (tertiary/aromatic N) is 4. The Morgan fingerprint density at radius 1 is 1.17 bits per heavy atom. The number of amides is 1. The highest BCUT2D eigenvalue weighted by molar-refractivity contribution is 5.82. The van der Waals surface area contributed by atoms with Gasteiger partial charge < -0.3 is 14.2 Å². The first-order valence-corrected chi connectivity index (χ1v) is 12.4. The van der Waals surface area contributed by atoms with Gasteiger partial charge in [0.25, 0.3) is 5.56 Å². The minimum atomic E-state index is -0.304. The number of benzene rings is 1. The number of hydrogen-bond donors (Lipinski definition) is 0. The molecule has 0 saturated carbocycles. The number of fused-ring (bicyclic) bond motifs is 1. The molecule has 36 heavy (non-hydrogen) atoms. The monoisotopic (exact) mass is 490 g/mol. The number of hydrogen-bond acceptors (Lipinski definition) is 5. The Bertz CT molecular complexity index is 1320. The van der Waals surface area contributed by atoms with E-state index in [0.717, 1.165) is 29.9 Å². The van der Waals surface area contributed by atoms with Crippen LogP contribution in [0.1, 0.15) is 29.3 Å². The Morgan fingerprint density at radius 2 is 1.97 bits per heavy atom. The normalized spacial score (nSPS) is 17.0. The second-order valence-electron chi connectivity index (χ2n) is 9.58. The first-order chi connectivity index (χ1) is 17.4. The van der Waals surface area contributed by atoms with Crippen LogP contribution in [0.5, 0.6) is 0 Å². The van der Waals surface area contributed by atoms with Gasteiger partial charge in [0.2, 0.25) is 5.91 Å². The van der Waals surface area contributed by atoms with Gasteiger partial charge in [-0.15, -0.1) is 0 Å². The minimum Gasteiger partial charge on any atom is -0.379 e. The van der Waals surface area contributed by atoms with Crippen LogP contribution in [0.2, 0.25) is 0 Å². The van der Waals surface area contributed by atoms with Crippen LogP contribution in [0.3, 0.4) is 0 Å². The van der Waals surface area contributed by atoms with Crippen molar-refractivity contribution >= 4 is 5.91 Å². The maximum Gasteiger partial charge on any atom is 0.258 e. The standard InChI is InChI=1S/C28H31FN4O3/c1-19-14-22(5-6-25(19)29)24-15-23-18-32(27(34)20(2)31-10-12-36-13-11-31)9-7-26(23)33(28(24)35)17-21-4-3-8-30-16-21/h3-6,8,14-16,20H,7,9-13,17-18H2,1-2H3. The second-order valence-corrected chi connectivity index (χ2v) is 9.58. The van der Waals surface area contributed by atoms with Crippen LogP contribution in [0.15, 0.2) is 53.6 Å². The van der Waals surface area contributed by atoms with E-state index < -0.39 is 0 Å². The number of aryl methyl sites for hydroxylation is 1. The molecule has 5 rings (SSSR count). The predicted octanol–water partition coefficient (Wildman–Crippen LogP) is 3.01. The maximum absolute atomic E-state index is 14.0. The van der Waals surface area contributed by atoms with Gasteiger partial charge in [0.05, 0.1) is 25.8 Å². The molecule has 188 valence electrons. The highest BCUT2D eigenvalue weighted by Crippen LogP contribution is 2.26. The summed E-state index contributed by atoms with van der Waals surface area (Å²) in [4.78, 5) is 35.4. The summed E-state index contributed by atoms with van der Waals surface area (Å²) in [7, 11) is 0. The van der Waals surface area contributed by atoms with E-state index in [1.807, 2.05) is 30.0 Å². The van der Waals surface area contributed by atoms with Gasteiger partial charge in [-0.25, -0.2) is 4.39 Å². The molecule has 8 heteroatoms. The van der Waals surface area contributed by atoms with Crippen LogP contribution in [0.25, 0.3) is 11.1 Å². The van der Waals surface area contributed by atoms with Crippen molar-refractivity contribution in [3.63, 3.8) is 0 Å². The third kappa shape index (κ3) is 4.83. The molecule has 0 bridgehead atoms. The van der Waals surface area contributed by atoms with E-state index in [1.165, 1.54) is 6.07 Å². The molecule has 1 unspecified atom stereocenters. The number of pyridine rings is 2. The lowest BCUT2D eigenvalue weighted by Gasteiger charge is -2.37. The summed E-state index contributed by atoms with van der Waals surface area (Å²) in [5.74, 6) is -0.215. The van der Waals surface area contributed by atoms with E-state index in [-0.39, 0.29) is 23.3 Å². The molecule has 2 aliphatic heterocycles. The molecule has 7 nitrogen and oxygen atoms in total. The summed E-state index contributed by atoms with van der Waals surface area (Å²) in [6.45, 7) is 7.81. The summed E-state index contributed by atoms with van der Waals surface area (Å²) in [6.07, 6.45) is 4.06. The Kier molecular flexibility index (Phi) is 6.98. The third-order valence-corrected chi connectivity index (χ3v) is 7.27. The Balaban J connectivity index is 1.52. The van der Waals surface area contributed by atoms with Gasteiger partial charge in [0, 0.05) is 56.3 Å².